The Labute approximate surface area is 257 Å². The van der Waals surface area contributed by atoms with Crippen LogP contribution in [0.3, 0.4) is 0 Å². The van der Waals surface area contributed by atoms with E-state index in [1.807, 2.05) is 60.0 Å². The van der Waals surface area contributed by atoms with Gasteiger partial charge in [-0.1, -0.05) is 47.1 Å². The number of aryl methyl sites for hydroxylation is 1. The Kier molecular flexibility index (Phi) is 6.78. The van der Waals surface area contributed by atoms with Crippen LogP contribution < -0.4 is 0 Å². The largest absolute Gasteiger partial charge is 0.388 e. The third-order valence-electron chi connectivity index (χ3n) is 7.55. The van der Waals surface area contributed by atoms with E-state index in [4.69, 9.17) is 25.8 Å². The summed E-state index contributed by atoms with van der Waals surface area (Å²) >= 11 is 9.04. The SMILES string of the molecule is Cc1nc2ccc(-n3cnnc3[C@@H]3OC4COC(c5ccccc5)O[C@@H]4[C@H](n4cc(-c5nc(Cl)cs5)nn4)C3O)cc2s1. The number of hydrogen-bond donors (Lipinski definition) is 1. The first kappa shape index (κ1) is 27.0. The molecule has 0 aliphatic carbocycles. The van der Waals surface area contributed by atoms with Crippen molar-refractivity contribution >= 4 is 44.5 Å². The zero-order valence-corrected chi connectivity index (χ0v) is 24.9. The topological polar surface area (TPSA) is 135 Å². The van der Waals surface area contributed by atoms with Gasteiger partial charge in [0.25, 0.3) is 0 Å². The van der Waals surface area contributed by atoms with Crippen LogP contribution in [0.15, 0.2) is 66.4 Å². The van der Waals surface area contributed by atoms with Crippen molar-refractivity contribution in [3.63, 3.8) is 0 Å². The number of ether oxygens (including phenoxy) is 3. The smallest absolute Gasteiger partial charge is 0.184 e. The van der Waals surface area contributed by atoms with Crippen molar-refractivity contribution in [2.45, 2.75) is 43.7 Å². The van der Waals surface area contributed by atoms with Gasteiger partial charge in [-0.05, 0) is 25.1 Å². The molecule has 6 aromatic rings. The fraction of sp³-hybridized carbons (Fsp3) is 0.286. The van der Waals surface area contributed by atoms with Gasteiger partial charge in [0.2, 0.25) is 0 Å². The molecule has 0 saturated carbocycles. The maximum Gasteiger partial charge on any atom is 0.184 e. The molecule has 43 heavy (non-hydrogen) atoms. The fourth-order valence-corrected chi connectivity index (χ4v) is 7.37. The molecule has 3 unspecified atom stereocenters. The molecule has 0 bridgehead atoms. The van der Waals surface area contributed by atoms with Crippen molar-refractivity contribution in [3.05, 3.63) is 88.0 Å². The van der Waals surface area contributed by atoms with Gasteiger partial charge in [0.15, 0.2) is 12.1 Å². The molecule has 2 aromatic carbocycles. The van der Waals surface area contributed by atoms with E-state index in [0.717, 1.165) is 26.5 Å². The Hall–Kier alpha value is -3.63. The number of rotatable bonds is 5. The van der Waals surface area contributed by atoms with Crippen LogP contribution in [0.1, 0.15) is 34.8 Å². The lowest BCUT2D eigenvalue weighted by atomic mass is 9.91. The number of aliphatic hydroxyl groups is 1. The van der Waals surface area contributed by atoms with Crippen LogP contribution in [0.2, 0.25) is 5.15 Å². The molecule has 2 fully saturated rings. The highest BCUT2D eigenvalue weighted by Crippen LogP contribution is 2.44. The van der Waals surface area contributed by atoms with E-state index in [-0.39, 0.29) is 6.61 Å². The molecular weight excluding hydrogens is 612 g/mol. The molecule has 6 atom stereocenters. The molecule has 2 aliphatic heterocycles. The molecule has 218 valence electrons. The van der Waals surface area contributed by atoms with E-state index >= 15 is 0 Å². The summed E-state index contributed by atoms with van der Waals surface area (Å²) in [5.74, 6) is 0.439. The van der Waals surface area contributed by atoms with Crippen molar-refractivity contribution in [2.75, 3.05) is 6.61 Å². The minimum Gasteiger partial charge on any atom is -0.388 e. The minimum absolute atomic E-state index is 0.230. The first-order chi connectivity index (χ1) is 21.0. The van der Waals surface area contributed by atoms with Crippen molar-refractivity contribution in [3.8, 4) is 16.4 Å². The molecule has 8 rings (SSSR count). The van der Waals surface area contributed by atoms with Crippen LogP contribution in [0, 0.1) is 6.92 Å². The molecule has 0 radical (unpaired) electrons. The van der Waals surface area contributed by atoms with Gasteiger partial charge in [-0.25, -0.2) is 14.6 Å². The highest BCUT2D eigenvalue weighted by molar-refractivity contribution is 7.18. The number of hydrogen-bond acceptors (Lipinski definition) is 12. The summed E-state index contributed by atoms with van der Waals surface area (Å²) in [7, 11) is 0. The first-order valence-electron chi connectivity index (χ1n) is 13.5. The Balaban J connectivity index is 1.17. The second kappa shape index (κ2) is 10.8. The second-order valence-corrected chi connectivity index (χ2v) is 12.7. The third kappa shape index (κ3) is 4.84. The second-order valence-electron chi connectivity index (χ2n) is 10.3. The summed E-state index contributed by atoms with van der Waals surface area (Å²) < 4.78 is 23.6. The van der Waals surface area contributed by atoms with Gasteiger partial charge in [-0.2, -0.15) is 0 Å². The summed E-state index contributed by atoms with van der Waals surface area (Å²) in [6.45, 7) is 2.21. The van der Waals surface area contributed by atoms with E-state index in [1.54, 1.807) is 33.9 Å². The molecular formula is C28H23ClN8O4S2. The lowest BCUT2D eigenvalue weighted by Gasteiger charge is -2.47. The summed E-state index contributed by atoms with van der Waals surface area (Å²) in [5.41, 5.74) is 3.15. The molecule has 2 saturated heterocycles. The summed E-state index contributed by atoms with van der Waals surface area (Å²) in [5, 5.41) is 33.1. The van der Waals surface area contributed by atoms with Crippen molar-refractivity contribution < 1.29 is 19.3 Å². The van der Waals surface area contributed by atoms with Gasteiger partial charge in [0, 0.05) is 16.6 Å². The monoisotopic (exact) mass is 634 g/mol. The average Bonchev–Trinajstić information content (AvgIpc) is 3.83. The predicted molar refractivity (Wildman–Crippen MR) is 158 cm³/mol. The Morgan fingerprint density at radius 1 is 1.07 bits per heavy atom. The van der Waals surface area contributed by atoms with Crippen LogP contribution in [-0.2, 0) is 14.2 Å². The lowest BCUT2D eigenvalue weighted by Crippen LogP contribution is -2.57. The van der Waals surface area contributed by atoms with Crippen molar-refractivity contribution in [1.82, 2.24) is 39.7 Å². The summed E-state index contributed by atoms with van der Waals surface area (Å²) in [4.78, 5) is 8.88. The van der Waals surface area contributed by atoms with E-state index in [0.29, 0.717) is 21.7 Å². The quantitative estimate of drug-likeness (QED) is 0.284. The standard InChI is InChI=1S/C28H23ClN8O4S2/c1-14-31-17-8-7-16(9-20(17)43-14)36-13-30-34-26(36)25-23(38)22(37-10-18(33-35-37)27-32-21(29)12-42-27)24-19(40-25)11-39-28(41-24)15-5-3-2-4-6-15/h2-10,12-13,19,22-25,28,38H,11H2,1H3/t19?,22-,23?,24+,25-,28?/m1/s1. The lowest BCUT2D eigenvalue weighted by molar-refractivity contribution is -0.319. The number of aliphatic hydroxyl groups excluding tert-OH is 1. The molecule has 2 aliphatic rings. The fourth-order valence-electron chi connectivity index (χ4n) is 5.62. The zero-order valence-electron chi connectivity index (χ0n) is 22.5. The maximum atomic E-state index is 12.0. The van der Waals surface area contributed by atoms with Gasteiger partial charge < -0.3 is 19.3 Å². The van der Waals surface area contributed by atoms with Gasteiger partial charge in [0.1, 0.15) is 52.6 Å². The van der Waals surface area contributed by atoms with Gasteiger partial charge in [-0.3, -0.25) is 4.57 Å². The molecule has 0 spiro atoms. The normalized spacial score (nSPS) is 25.7. The Bertz CT molecular complexity index is 1910. The number of thiazole rings is 2. The Morgan fingerprint density at radius 2 is 1.95 bits per heavy atom. The molecule has 15 heteroatoms. The zero-order chi connectivity index (χ0) is 29.1. The van der Waals surface area contributed by atoms with Gasteiger partial charge in [0.05, 0.1) is 28.0 Å². The summed E-state index contributed by atoms with van der Waals surface area (Å²) in [6, 6.07) is 14.9. The van der Waals surface area contributed by atoms with Crippen molar-refractivity contribution in [2.24, 2.45) is 0 Å². The summed E-state index contributed by atoms with van der Waals surface area (Å²) in [6.07, 6.45) is -0.469. The van der Waals surface area contributed by atoms with Crippen LogP contribution in [0.25, 0.3) is 26.6 Å². The van der Waals surface area contributed by atoms with Crippen LogP contribution >= 0.6 is 34.3 Å². The highest BCUT2D eigenvalue weighted by atomic mass is 35.5. The number of halogens is 1. The average molecular weight is 635 g/mol. The van der Waals surface area contributed by atoms with Crippen molar-refractivity contribution in [1.29, 1.82) is 0 Å². The van der Waals surface area contributed by atoms with E-state index in [9.17, 15) is 5.11 Å². The molecule has 1 N–H and O–H groups in total. The number of benzene rings is 2. The molecule has 12 nitrogen and oxygen atoms in total. The first-order valence-corrected chi connectivity index (χ1v) is 15.6. The predicted octanol–water partition coefficient (Wildman–Crippen LogP) is 4.71. The minimum atomic E-state index is -1.14. The van der Waals surface area contributed by atoms with Crippen LogP contribution in [-0.4, -0.2) is 69.8 Å². The van der Waals surface area contributed by atoms with Crippen LogP contribution in [0.4, 0.5) is 0 Å². The third-order valence-corrected chi connectivity index (χ3v) is 9.67. The number of fused-ring (bicyclic) bond motifs is 2. The van der Waals surface area contributed by atoms with E-state index in [1.165, 1.54) is 11.3 Å². The molecule has 6 heterocycles. The number of nitrogens with zero attached hydrogens (tertiary/aromatic N) is 8. The van der Waals surface area contributed by atoms with E-state index < -0.39 is 36.7 Å². The molecule has 0 amide bonds. The van der Waals surface area contributed by atoms with Gasteiger partial charge in [-0.15, -0.1) is 38.0 Å². The maximum absolute atomic E-state index is 12.0. The highest BCUT2D eigenvalue weighted by Gasteiger charge is 2.52. The van der Waals surface area contributed by atoms with Gasteiger partial charge >= 0.3 is 0 Å². The van der Waals surface area contributed by atoms with E-state index in [2.05, 4.69) is 30.5 Å². The van der Waals surface area contributed by atoms with Crippen LogP contribution in [0.5, 0.6) is 0 Å². The molecule has 4 aromatic heterocycles. The Morgan fingerprint density at radius 3 is 2.79 bits per heavy atom. The number of aromatic nitrogens is 8.